The van der Waals surface area contributed by atoms with Gasteiger partial charge in [-0.3, -0.25) is 0 Å². The molecule has 0 bridgehead atoms. The number of aryl methyl sites for hydroxylation is 2. The van der Waals surface area contributed by atoms with Crippen molar-refractivity contribution in [2.24, 2.45) is 0 Å². The fourth-order valence-corrected chi connectivity index (χ4v) is 4.44. The molecule has 2 rings (SSSR count). The number of hydrogen-bond acceptors (Lipinski definition) is 3. The molecule has 0 radical (unpaired) electrons. The van der Waals surface area contributed by atoms with Crippen LogP contribution in [0.15, 0.2) is 21.1 Å². The van der Waals surface area contributed by atoms with Crippen LogP contribution in [0.2, 0.25) is 5.02 Å². The number of rotatable bonds is 3. The molecule has 2 nitrogen and oxygen atoms in total. The molecule has 0 atom stereocenters. The Morgan fingerprint density at radius 2 is 1.89 bits per heavy atom. The van der Waals surface area contributed by atoms with E-state index in [4.69, 9.17) is 11.6 Å². The predicted octanol–water partition coefficient (Wildman–Crippen LogP) is 5.55. The van der Waals surface area contributed by atoms with Gasteiger partial charge in [0.2, 0.25) is 0 Å². The number of benzene rings is 1. The second kappa shape index (κ2) is 5.90. The summed E-state index contributed by atoms with van der Waals surface area (Å²) in [6, 6.07) is 3.75. The zero-order valence-corrected chi connectivity index (χ0v) is 14.6. The topological polar surface area (TPSA) is 24.9 Å². The van der Waals surface area contributed by atoms with E-state index in [2.05, 4.69) is 42.2 Å². The number of halogens is 3. The van der Waals surface area contributed by atoms with Gasteiger partial charge in [0.15, 0.2) is 0 Å². The van der Waals surface area contributed by atoms with E-state index >= 15 is 0 Å². The summed E-state index contributed by atoms with van der Waals surface area (Å²) >= 11 is 14.7. The van der Waals surface area contributed by atoms with E-state index in [-0.39, 0.29) is 0 Å². The van der Waals surface area contributed by atoms with Crippen molar-refractivity contribution in [2.45, 2.75) is 20.4 Å². The van der Waals surface area contributed by atoms with Gasteiger partial charge in [0.05, 0.1) is 22.9 Å². The molecular formula is C12H11Br2ClN2S. The summed E-state index contributed by atoms with van der Waals surface area (Å²) in [4.78, 5) is 5.67. The Morgan fingerprint density at radius 1 is 1.28 bits per heavy atom. The van der Waals surface area contributed by atoms with Crippen molar-refractivity contribution in [3.63, 3.8) is 0 Å². The molecule has 1 heterocycles. The quantitative estimate of drug-likeness (QED) is 0.718. The molecule has 1 aromatic heterocycles. The minimum Gasteiger partial charge on any atom is -0.378 e. The molecule has 0 saturated heterocycles. The van der Waals surface area contributed by atoms with Gasteiger partial charge in [-0.05, 0) is 57.8 Å². The van der Waals surface area contributed by atoms with Crippen LogP contribution in [-0.4, -0.2) is 4.98 Å². The van der Waals surface area contributed by atoms with Gasteiger partial charge >= 0.3 is 0 Å². The monoisotopic (exact) mass is 408 g/mol. The third kappa shape index (κ3) is 3.26. The molecule has 0 aliphatic carbocycles. The van der Waals surface area contributed by atoms with E-state index in [9.17, 15) is 0 Å². The first kappa shape index (κ1) is 14.3. The number of anilines is 1. The Morgan fingerprint density at radius 3 is 2.39 bits per heavy atom. The zero-order valence-electron chi connectivity index (χ0n) is 9.85. The fraction of sp³-hybridized carbons (Fsp3) is 0.250. The van der Waals surface area contributed by atoms with Gasteiger partial charge in [0, 0.05) is 18.8 Å². The molecule has 2 aromatic rings. The average Bonchev–Trinajstić information content (AvgIpc) is 2.55. The lowest BCUT2D eigenvalue weighted by molar-refractivity contribution is 1.10. The molecule has 0 saturated carbocycles. The smallest absolute Gasteiger partial charge is 0.0900 e. The summed E-state index contributed by atoms with van der Waals surface area (Å²) in [6.45, 7) is 4.82. The second-order valence-corrected chi connectivity index (χ2v) is 7.27. The standard InChI is InChI=1S/C12H11Br2ClN2S/c1-6-11(18-7(2)17-6)5-16-12-9(13)3-8(15)4-10(12)14/h3-4,16H,5H2,1-2H3. The Kier molecular flexibility index (Phi) is 4.69. The molecule has 0 unspecified atom stereocenters. The minimum absolute atomic E-state index is 0.698. The summed E-state index contributed by atoms with van der Waals surface area (Å²) in [6.07, 6.45) is 0. The van der Waals surface area contributed by atoms with Crippen molar-refractivity contribution in [3.05, 3.63) is 41.7 Å². The van der Waals surface area contributed by atoms with Crippen molar-refractivity contribution < 1.29 is 0 Å². The molecule has 96 valence electrons. The first-order valence-electron chi connectivity index (χ1n) is 5.28. The van der Waals surface area contributed by atoms with Crippen molar-refractivity contribution in [1.82, 2.24) is 4.98 Å². The Hall–Kier alpha value is -0.100. The number of thiazole rings is 1. The largest absolute Gasteiger partial charge is 0.378 e. The molecule has 0 spiro atoms. The highest BCUT2D eigenvalue weighted by molar-refractivity contribution is 9.11. The van der Waals surface area contributed by atoms with Gasteiger partial charge < -0.3 is 5.32 Å². The highest BCUT2D eigenvalue weighted by atomic mass is 79.9. The number of nitrogens with one attached hydrogen (secondary N) is 1. The third-order valence-corrected chi connectivity index (χ3v) is 4.97. The predicted molar refractivity (Wildman–Crippen MR) is 85.8 cm³/mol. The summed E-state index contributed by atoms with van der Waals surface area (Å²) < 4.78 is 1.89. The van der Waals surface area contributed by atoms with Crippen LogP contribution >= 0.6 is 54.8 Å². The van der Waals surface area contributed by atoms with E-state index in [1.807, 2.05) is 26.0 Å². The van der Waals surface area contributed by atoms with Crippen LogP contribution in [-0.2, 0) is 6.54 Å². The molecule has 1 aromatic carbocycles. The van der Waals surface area contributed by atoms with Crippen LogP contribution in [0.1, 0.15) is 15.6 Å². The van der Waals surface area contributed by atoms with E-state index < -0.39 is 0 Å². The van der Waals surface area contributed by atoms with Crippen LogP contribution in [0.4, 0.5) is 5.69 Å². The lowest BCUT2D eigenvalue weighted by Gasteiger charge is -2.10. The van der Waals surface area contributed by atoms with Gasteiger partial charge in [0.1, 0.15) is 0 Å². The molecule has 0 fully saturated rings. The maximum Gasteiger partial charge on any atom is 0.0900 e. The lowest BCUT2D eigenvalue weighted by atomic mass is 10.3. The number of hydrogen-bond donors (Lipinski definition) is 1. The first-order valence-corrected chi connectivity index (χ1v) is 8.06. The van der Waals surface area contributed by atoms with E-state index in [1.54, 1.807) is 11.3 Å². The molecule has 6 heteroatoms. The van der Waals surface area contributed by atoms with Crippen LogP contribution in [0, 0.1) is 13.8 Å². The third-order valence-electron chi connectivity index (χ3n) is 2.43. The van der Waals surface area contributed by atoms with Gasteiger partial charge in [-0.2, -0.15) is 0 Å². The lowest BCUT2D eigenvalue weighted by Crippen LogP contribution is -2.00. The van der Waals surface area contributed by atoms with Crippen molar-refractivity contribution >= 4 is 60.5 Å². The summed E-state index contributed by atoms with van der Waals surface area (Å²) in [5, 5.41) is 5.19. The molecule has 18 heavy (non-hydrogen) atoms. The highest BCUT2D eigenvalue weighted by Crippen LogP contribution is 2.34. The summed E-state index contributed by atoms with van der Waals surface area (Å²) in [5.74, 6) is 0. The number of aromatic nitrogens is 1. The van der Waals surface area contributed by atoms with Gasteiger partial charge in [0.25, 0.3) is 0 Å². The normalized spacial score (nSPS) is 10.7. The van der Waals surface area contributed by atoms with E-state index in [0.717, 1.165) is 31.9 Å². The Balaban J connectivity index is 2.18. The van der Waals surface area contributed by atoms with Crippen LogP contribution in [0.25, 0.3) is 0 Å². The van der Waals surface area contributed by atoms with Crippen molar-refractivity contribution in [2.75, 3.05) is 5.32 Å². The Bertz CT molecular complexity index is 560. The maximum atomic E-state index is 5.97. The maximum absolute atomic E-state index is 5.97. The van der Waals surface area contributed by atoms with E-state index in [1.165, 1.54) is 4.88 Å². The van der Waals surface area contributed by atoms with Gasteiger partial charge in [-0.25, -0.2) is 4.98 Å². The fourth-order valence-electron chi connectivity index (χ4n) is 1.62. The van der Waals surface area contributed by atoms with Crippen LogP contribution < -0.4 is 5.32 Å². The minimum atomic E-state index is 0.698. The molecule has 0 aliphatic rings. The SMILES string of the molecule is Cc1nc(C)c(CNc2c(Br)cc(Cl)cc2Br)s1. The van der Waals surface area contributed by atoms with Gasteiger partial charge in [-0.1, -0.05) is 11.6 Å². The van der Waals surface area contributed by atoms with Crippen molar-refractivity contribution in [3.8, 4) is 0 Å². The number of nitrogens with zero attached hydrogens (tertiary/aromatic N) is 1. The van der Waals surface area contributed by atoms with Crippen LogP contribution in [0.5, 0.6) is 0 Å². The van der Waals surface area contributed by atoms with Crippen molar-refractivity contribution in [1.29, 1.82) is 0 Å². The van der Waals surface area contributed by atoms with Crippen LogP contribution in [0.3, 0.4) is 0 Å². The highest BCUT2D eigenvalue weighted by Gasteiger charge is 2.09. The first-order chi connectivity index (χ1) is 8.47. The molecule has 1 N–H and O–H groups in total. The summed E-state index contributed by atoms with van der Waals surface area (Å²) in [5.41, 5.74) is 2.09. The summed E-state index contributed by atoms with van der Waals surface area (Å²) in [7, 11) is 0. The average molecular weight is 411 g/mol. The molecule has 0 aliphatic heterocycles. The second-order valence-electron chi connectivity index (χ2n) is 3.84. The molecular weight excluding hydrogens is 399 g/mol. The van der Waals surface area contributed by atoms with E-state index in [0.29, 0.717) is 5.02 Å². The van der Waals surface area contributed by atoms with Gasteiger partial charge in [-0.15, -0.1) is 11.3 Å². The zero-order chi connectivity index (χ0) is 13.3. The Labute approximate surface area is 132 Å². The molecule has 0 amide bonds.